The van der Waals surface area contributed by atoms with Crippen molar-refractivity contribution in [3.05, 3.63) is 18.4 Å². The lowest BCUT2D eigenvalue weighted by Gasteiger charge is -1.98. The van der Waals surface area contributed by atoms with E-state index < -0.39 is 12.0 Å². The summed E-state index contributed by atoms with van der Waals surface area (Å²) >= 11 is 0. The van der Waals surface area contributed by atoms with Gasteiger partial charge in [0.05, 0.1) is 0 Å². The van der Waals surface area contributed by atoms with Crippen LogP contribution in [0.1, 0.15) is 0 Å². The molecule has 0 aliphatic rings. The van der Waals surface area contributed by atoms with Crippen molar-refractivity contribution in [1.29, 1.82) is 0 Å². The molecule has 11 heavy (non-hydrogen) atoms. The Morgan fingerprint density at radius 2 is 2.27 bits per heavy atom. The van der Waals surface area contributed by atoms with Crippen LogP contribution in [0.25, 0.3) is 0 Å². The molecule has 1 atom stereocenters. The molecule has 0 rings (SSSR count). The van der Waals surface area contributed by atoms with Gasteiger partial charge in [0.25, 0.3) is 0 Å². The molecule has 60 valence electrons. The molecule has 0 aliphatic heterocycles. The van der Waals surface area contributed by atoms with Crippen molar-refractivity contribution in [2.45, 2.75) is 6.04 Å². The average molecular weight is 155 g/mol. The molecule has 0 bridgehead atoms. The fraction of sp³-hybridized carbons (Fsp3) is 0.167. The lowest BCUT2D eigenvalue weighted by Crippen LogP contribution is -2.27. The molecule has 0 aromatic rings. The molecule has 0 amide bonds. The van der Waals surface area contributed by atoms with Crippen molar-refractivity contribution in [3.8, 4) is 0 Å². The van der Waals surface area contributed by atoms with Crippen LogP contribution in [0, 0.1) is 0 Å². The van der Waals surface area contributed by atoms with Gasteiger partial charge in [0.15, 0.2) is 12.0 Å². The third kappa shape index (κ3) is 3.77. The van der Waals surface area contributed by atoms with Crippen LogP contribution in [-0.2, 0) is 4.79 Å². The van der Waals surface area contributed by atoms with E-state index in [0.717, 1.165) is 6.08 Å². The number of hydrogen-bond donors (Lipinski definition) is 3. The lowest BCUT2D eigenvalue weighted by molar-refractivity contribution is -0.137. The van der Waals surface area contributed by atoms with Crippen molar-refractivity contribution in [2.75, 3.05) is 0 Å². The van der Waals surface area contributed by atoms with Crippen LogP contribution in [0.2, 0.25) is 0 Å². The van der Waals surface area contributed by atoms with Crippen LogP contribution in [-0.4, -0.2) is 23.1 Å². The van der Waals surface area contributed by atoms with Crippen molar-refractivity contribution >= 4 is 11.9 Å². The zero-order valence-corrected chi connectivity index (χ0v) is 5.82. The Hall–Kier alpha value is -1.74. The van der Waals surface area contributed by atoms with E-state index in [1.165, 1.54) is 0 Å². The van der Waals surface area contributed by atoms with E-state index in [4.69, 9.17) is 16.6 Å². The van der Waals surface area contributed by atoms with Crippen molar-refractivity contribution in [2.24, 2.45) is 16.5 Å². The van der Waals surface area contributed by atoms with E-state index in [-0.39, 0.29) is 5.96 Å². The number of rotatable bonds is 3. The summed E-state index contributed by atoms with van der Waals surface area (Å²) in [5.74, 6) is -1.42. The minimum Gasteiger partial charge on any atom is -0.479 e. The number of nitrogens with two attached hydrogens (primary N) is 2. The van der Waals surface area contributed by atoms with Gasteiger partial charge >= 0.3 is 5.97 Å². The molecular formula is C6H9N3O2. The van der Waals surface area contributed by atoms with Crippen LogP contribution < -0.4 is 11.5 Å². The van der Waals surface area contributed by atoms with E-state index in [9.17, 15) is 4.79 Å². The van der Waals surface area contributed by atoms with Crippen molar-refractivity contribution in [3.63, 3.8) is 0 Å². The second kappa shape index (κ2) is 4.14. The van der Waals surface area contributed by atoms with E-state index >= 15 is 0 Å². The largest absolute Gasteiger partial charge is 0.479 e. The van der Waals surface area contributed by atoms with E-state index in [1.807, 2.05) is 0 Å². The van der Waals surface area contributed by atoms with Crippen LogP contribution in [0.4, 0.5) is 0 Å². The van der Waals surface area contributed by atoms with Crippen LogP contribution in [0.5, 0.6) is 0 Å². The fourth-order valence-corrected chi connectivity index (χ4v) is 0.436. The van der Waals surface area contributed by atoms with Gasteiger partial charge < -0.3 is 16.6 Å². The highest BCUT2D eigenvalue weighted by Crippen LogP contribution is 1.91. The van der Waals surface area contributed by atoms with Crippen molar-refractivity contribution in [1.82, 2.24) is 0 Å². The summed E-state index contributed by atoms with van der Waals surface area (Å²) in [6.45, 7) is 3.20. The predicted molar refractivity (Wildman–Crippen MR) is 40.9 cm³/mol. The highest BCUT2D eigenvalue weighted by molar-refractivity contribution is 5.82. The van der Waals surface area contributed by atoms with Gasteiger partial charge in [-0.25, -0.2) is 9.79 Å². The summed E-state index contributed by atoms with van der Waals surface area (Å²) in [5.41, 5.74) is 12.2. The Kier molecular flexibility index (Phi) is 3.48. The molecule has 0 aliphatic carbocycles. The molecule has 0 aromatic heterocycles. The molecule has 1 unspecified atom stereocenters. The smallest absolute Gasteiger partial charge is 0.333 e. The molecular weight excluding hydrogens is 146 g/mol. The summed E-state index contributed by atoms with van der Waals surface area (Å²) in [5, 5.41) is 8.44. The zero-order chi connectivity index (χ0) is 8.85. The van der Waals surface area contributed by atoms with Crippen LogP contribution in [0.15, 0.2) is 23.4 Å². The maximum Gasteiger partial charge on any atom is 0.333 e. The van der Waals surface area contributed by atoms with E-state index in [0.29, 0.717) is 0 Å². The first-order valence-electron chi connectivity index (χ1n) is 2.75. The topological polar surface area (TPSA) is 102 Å². The molecule has 5 heteroatoms. The van der Waals surface area contributed by atoms with Crippen LogP contribution >= 0.6 is 0 Å². The second-order valence-electron chi connectivity index (χ2n) is 1.71. The van der Waals surface area contributed by atoms with Gasteiger partial charge in [0.1, 0.15) is 0 Å². The molecule has 0 fully saturated rings. The molecule has 0 heterocycles. The fourth-order valence-electron chi connectivity index (χ4n) is 0.436. The number of nitrogens with zero attached hydrogens (tertiary/aromatic N) is 1. The summed E-state index contributed by atoms with van der Waals surface area (Å²) in [7, 11) is 0. The maximum absolute atomic E-state index is 10.3. The second-order valence-corrected chi connectivity index (χ2v) is 1.71. The Morgan fingerprint density at radius 1 is 1.73 bits per heavy atom. The Bertz CT molecular complexity index is 222. The van der Waals surface area contributed by atoms with Gasteiger partial charge in [-0.15, -0.1) is 5.73 Å². The normalized spacial score (nSPS) is 10.9. The summed E-state index contributed by atoms with van der Waals surface area (Å²) < 4.78 is 0. The predicted octanol–water partition coefficient (Wildman–Crippen LogP) is -0.946. The van der Waals surface area contributed by atoms with Gasteiger partial charge in [-0.05, 0) is 6.08 Å². The molecule has 5 nitrogen and oxygen atoms in total. The third-order valence-corrected chi connectivity index (χ3v) is 0.817. The van der Waals surface area contributed by atoms with Crippen molar-refractivity contribution < 1.29 is 9.90 Å². The van der Waals surface area contributed by atoms with E-state index in [2.05, 4.69) is 17.3 Å². The summed E-state index contributed by atoms with van der Waals surface area (Å²) in [4.78, 5) is 13.7. The zero-order valence-electron chi connectivity index (χ0n) is 5.82. The molecule has 0 saturated carbocycles. The number of guanidine groups is 1. The van der Waals surface area contributed by atoms with Gasteiger partial charge in [-0.1, -0.05) is 6.58 Å². The Balaban J connectivity index is 4.48. The third-order valence-electron chi connectivity index (χ3n) is 0.817. The summed E-state index contributed by atoms with van der Waals surface area (Å²) in [6.07, 6.45) is 1.15. The number of carbonyl (C=O) groups is 1. The van der Waals surface area contributed by atoms with Gasteiger partial charge in [-0.2, -0.15) is 0 Å². The Labute approximate surface area is 63.7 Å². The minimum atomic E-state index is -1.14. The first kappa shape index (κ1) is 9.26. The first-order chi connectivity index (χ1) is 5.07. The van der Waals surface area contributed by atoms with Crippen LogP contribution in [0.3, 0.4) is 0 Å². The SMILES string of the molecule is C=C=CC(N=C(N)N)C(=O)O. The maximum atomic E-state index is 10.3. The highest BCUT2D eigenvalue weighted by atomic mass is 16.4. The quantitative estimate of drug-likeness (QED) is 0.278. The van der Waals surface area contributed by atoms with Gasteiger partial charge in [-0.3, -0.25) is 0 Å². The molecule has 0 spiro atoms. The Morgan fingerprint density at radius 3 is 2.55 bits per heavy atom. The van der Waals surface area contributed by atoms with Gasteiger partial charge in [0, 0.05) is 0 Å². The number of aliphatic imine (C=N–C) groups is 1. The standard InChI is InChI=1S/C6H9N3O2/c1-2-3-4(5(10)11)9-6(7)8/h3-4H,1H2,(H,10,11)(H4,7,8,9). The minimum absolute atomic E-state index is 0.274. The lowest BCUT2D eigenvalue weighted by atomic mass is 10.3. The number of carboxylic acid groups (broad SMARTS) is 1. The first-order valence-corrected chi connectivity index (χ1v) is 2.75. The molecule has 0 radical (unpaired) electrons. The number of carboxylic acids is 1. The number of hydrogen-bond acceptors (Lipinski definition) is 2. The van der Waals surface area contributed by atoms with E-state index in [1.54, 1.807) is 0 Å². The highest BCUT2D eigenvalue weighted by Gasteiger charge is 2.11. The molecule has 5 N–H and O–H groups in total. The molecule has 0 saturated heterocycles. The average Bonchev–Trinajstić information content (AvgIpc) is 1.86. The monoisotopic (exact) mass is 155 g/mol. The van der Waals surface area contributed by atoms with Gasteiger partial charge in [0.2, 0.25) is 0 Å². The number of aliphatic carboxylic acids is 1. The molecule has 0 aromatic carbocycles. The summed E-state index contributed by atoms with van der Waals surface area (Å²) in [6, 6.07) is -1.09.